The molecule has 134 valence electrons. The average Bonchev–Trinajstić information content (AvgIpc) is 2.51. The molecule has 0 fully saturated rings. The highest BCUT2D eigenvalue weighted by molar-refractivity contribution is 5.80. The molecule has 2 rings (SSSR count). The molecule has 1 aliphatic rings. The molecule has 1 heterocycles. The number of hydrogen-bond donors (Lipinski definition) is 2. The van der Waals surface area contributed by atoms with Crippen molar-refractivity contribution in [1.29, 1.82) is 5.26 Å². The lowest BCUT2D eigenvalue weighted by molar-refractivity contribution is -0.635. The molecule has 0 spiro atoms. The summed E-state index contributed by atoms with van der Waals surface area (Å²) in [5.41, 5.74) is -5.57. The van der Waals surface area contributed by atoms with Gasteiger partial charge in [-0.05, 0) is 18.9 Å². The molecule has 0 aromatic heterocycles. The summed E-state index contributed by atoms with van der Waals surface area (Å²) >= 11 is 0. The quantitative estimate of drug-likeness (QED) is 0.812. The Kier molecular flexibility index (Phi) is 4.84. The van der Waals surface area contributed by atoms with E-state index in [2.05, 4.69) is 5.32 Å². The predicted octanol–water partition coefficient (Wildman–Crippen LogP) is 2.36. The van der Waals surface area contributed by atoms with Crippen LogP contribution in [0.1, 0.15) is 18.9 Å². The number of hydrogen-bond acceptors (Lipinski definition) is 2. The Labute approximate surface area is 139 Å². The summed E-state index contributed by atoms with van der Waals surface area (Å²) in [5.74, 6) is -0.338. The lowest BCUT2D eigenvalue weighted by atomic mass is 9.86. The van der Waals surface area contributed by atoms with Crippen LogP contribution >= 0.6 is 0 Å². The first-order valence-corrected chi connectivity index (χ1v) is 7.23. The molecule has 1 aromatic rings. The van der Waals surface area contributed by atoms with Gasteiger partial charge in [-0.2, -0.15) is 31.6 Å². The van der Waals surface area contributed by atoms with Crippen LogP contribution in [-0.2, 0) is 6.42 Å². The summed E-state index contributed by atoms with van der Waals surface area (Å²) in [7, 11) is 0. The van der Waals surface area contributed by atoms with Crippen molar-refractivity contribution < 1.29 is 31.3 Å². The van der Waals surface area contributed by atoms with E-state index in [-0.39, 0.29) is 18.7 Å². The third-order valence-electron chi connectivity index (χ3n) is 3.90. The molecule has 2 N–H and O–H groups in total. The summed E-state index contributed by atoms with van der Waals surface area (Å²) in [6.45, 7) is 1.02. The lowest BCUT2D eigenvalue weighted by Crippen LogP contribution is -2.99. The second-order valence-corrected chi connectivity index (χ2v) is 5.57. The van der Waals surface area contributed by atoms with Gasteiger partial charge >= 0.3 is 17.9 Å². The van der Waals surface area contributed by atoms with Gasteiger partial charge in [0.15, 0.2) is 0 Å². The van der Waals surface area contributed by atoms with Crippen molar-refractivity contribution in [1.82, 2.24) is 5.32 Å². The zero-order valence-electron chi connectivity index (χ0n) is 13.0. The summed E-state index contributed by atoms with van der Waals surface area (Å²) in [5, 5.41) is 11.4. The van der Waals surface area contributed by atoms with Crippen LogP contribution in [0.2, 0.25) is 0 Å². The number of aryl methyl sites for hydroxylation is 1. The van der Waals surface area contributed by atoms with Gasteiger partial charge in [0, 0.05) is 0 Å². The molecule has 0 radical (unpaired) electrons. The van der Waals surface area contributed by atoms with Crippen LogP contribution in [0.5, 0.6) is 0 Å². The highest BCUT2D eigenvalue weighted by Gasteiger charge is 2.78. The Bertz CT molecular complexity index is 724. The van der Waals surface area contributed by atoms with E-state index in [1.807, 2.05) is 0 Å². The summed E-state index contributed by atoms with van der Waals surface area (Å²) in [6, 6.07) is 9.67. The van der Waals surface area contributed by atoms with E-state index in [1.165, 1.54) is 4.99 Å². The van der Waals surface area contributed by atoms with Crippen molar-refractivity contribution >= 4 is 5.84 Å². The maximum Gasteiger partial charge on any atom is 0.446 e. The normalized spacial score (nSPS) is 17.6. The van der Waals surface area contributed by atoms with Gasteiger partial charge in [0.1, 0.15) is 17.3 Å². The van der Waals surface area contributed by atoms with E-state index in [0.717, 1.165) is 18.6 Å². The Morgan fingerprint density at radius 3 is 2.08 bits per heavy atom. The van der Waals surface area contributed by atoms with Crippen molar-refractivity contribution in [3.8, 4) is 6.07 Å². The van der Waals surface area contributed by atoms with Crippen molar-refractivity contribution in [3.05, 3.63) is 47.2 Å². The number of nitrogens with one attached hydrogen (secondary N) is 2. The second kappa shape index (κ2) is 6.43. The van der Waals surface area contributed by atoms with E-state index in [0.29, 0.717) is 0 Å². The predicted molar refractivity (Wildman–Crippen MR) is 77.0 cm³/mol. The number of alkyl halides is 6. The minimum atomic E-state index is -5.74. The molecule has 0 unspecified atom stereocenters. The third kappa shape index (κ3) is 3.34. The maximum atomic E-state index is 13.4. The van der Waals surface area contributed by atoms with Gasteiger partial charge in [0.2, 0.25) is 5.84 Å². The van der Waals surface area contributed by atoms with E-state index in [1.54, 1.807) is 30.3 Å². The molecule has 9 heteroatoms. The minimum absolute atomic E-state index is 0.103. The van der Waals surface area contributed by atoms with Gasteiger partial charge in [-0.25, -0.2) is 5.32 Å². The number of nitriles is 1. The maximum absolute atomic E-state index is 13.4. The van der Waals surface area contributed by atoms with Crippen molar-refractivity contribution in [3.63, 3.8) is 0 Å². The van der Waals surface area contributed by atoms with Crippen LogP contribution in [0.3, 0.4) is 0 Å². The molecule has 0 atom stereocenters. The molecule has 0 amide bonds. The van der Waals surface area contributed by atoms with Crippen LogP contribution in [0.15, 0.2) is 41.6 Å². The van der Waals surface area contributed by atoms with Gasteiger partial charge in [-0.3, -0.25) is 4.99 Å². The van der Waals surface area contributed by atoms with E-state index >= 15 is 0 Å². The highest BCUT2D eigenvalue weighted by atomic mass is 19.4. The van der Waals surface area contributed by atoms with Gasteiger partial charge in [-0.1, -0.05) is 30.3 Å². The van der Waals surface area contributed by atoms with Crippen LogP contribution in [0, 0.1) is 11.3 Å². The summed E-state index contributed by atoms with van der Waals surface area (Å²) < 4.78 is 80.6. The fraction of sp³-hybridized carbons (Fsp3) is 0.375. The Morgan fingerprint density at radius 2 is 1.60 bits per heavy atom. The molecule has 3 nitrogen and oxygen atoms in total. The lowest BCUT2D eigenvalue weighted by Gasteiger charge is -2.34. The van der Waals surface area contributed by atoms with Gasteiger partial charge in [-0.15, -0.1) is 0 Å². The first-order chi connectivity index (χ1) is 11.5. The highest BCUT2D eigenvalue weighted by Crippen LogP contribution is 2.45. The molecule has 0 saturated heterocycles. The molecule has 0 bridgehead atoms. The average molecular weight is 362 g/mol. The molecular formula is C16H14F6N3+. The van der Waals surface area contributed by atoms with E-state index in [4.69, 9.17) is 5.26 Å². The zero-order chi connectivity index (χ0) is 18.9. The van der Waals surface area contributed by atoms with Crippen LogP contribution in [-0.4, -0.2) is 23.7 Å². The van der Waals surface area contributed by atoms with Crippen LogP contribution < -0.4 is 10.3 Å². The van der Waals surface area contributed by atoms with E-state index < -0.39 is 29.2 Å². The number of amidine groups is 1. The van der Waals surface area contributed by atoms with Crippen molar-refractivity contribution in [2.24, 2.45) is 0 Å². The minimum Gasteiger partial charge on any atom is -0.251 e. The zero-order valence-corrected chi connectivity index (χ0v) is 13.0. The topological polar surface area (TPSA) is 49.8 Å². The number of rotatable bonds is 3. The van der Waals surface area contributed by atoms with Crippen LogP contribution in [0.25, 0.3) is 0 Å². The SMILES string of the molecule is CC1=C(C#N)C(C(F)(F)F)(C(F)(F)F)[NH+]=C(CCc2ccccc2)N1. The monoisotopic (exact) mass is 362 g/mol. The summed E-state index contributed by atoms with van der Waals surface area (Å²) in [4.78, 5) is 1.52. The molecule has 1 aromatic carbocycles. The largest absolute Gasteiger partial charge is 0.446 e. The first-order valence-electron chi connectivity index (χ1n) is 7.23. The Morgan fingerprint density at radius 1 is 1.04 bits per heavy atom. The van der Waals surface area contributed by atoms with Gasteiger partial charge in [0.05, 0.1) is 6.42 Å². The summed E-state index contributed by atoms with van der Waals surface area (Å²) in [6.07, 6.45) is -11.3. The molecule has 1 aliphatic heterocycles. The standard InChI is InChI=1S/C16H13F6N3/c1-10-12(9-23)14(15(17,18)19,16(20,21)22)25-13(24-10)8-7-11-5-3-2-4-6-11/h2-6H,7-8H2,1H3,(H,24,25)/p+1. The fourth-order valence-corrected chi connectivity index (χ4v) is 2.68. The van der Waals surface area contributed by atoms with E-state index in [9.17, 15) is 26.3 Å². The van der Waals surface area contributed by atoms with Gasteiger partial charge < -0.3 is 0 Å². The molecule has 0 aliphatic carbocycles. The second-order valence-electron chi connectivity index (χ2n) is 5.57. The Balaban J connectivity index is 2.47. The third-order valence-corrected chi connectivity index (χ3v) is 3.90. The van der Waals surface area contributed by atoms with Gasteiger partial charge in [0.25, 0.3) is 0 Å². The van der Waals surface area contributed by atoms with Crippen molar-refractivity contribution in [2.75, 3.05) is 0 Å². The molecular weight excluding hydrogens is 348 g/mol. The van der Waals surface area contributed by atoms with Crippen LogP contribution in [0.4, 0.5) is 26.3 Å². The number of nitrogens with zero attached hydrogens (tertiary/aromatic N) is 1. The number of benzene rings is 1. The van der Waals surface area contributed by atoms with Crippen molar-refractivity contribution in [2.45, 2.75) is 37.7 Å². The fourth-order valence-electron chi connectivity index (χ4n) is 2.68. The first kappa shape index (κ1) is 18.8. The smallest absolute Gasteiger partial charge is 0.251 e. The molecule has 0 saturated carbocycles. The Hall–Kier alpha value is -2.50. The molecule has 25 heavy (non-hydrogen) atoms. The number of halogens is 6. The number of allylic oxidation sites excluding steroid dienone is 1.